The summed E-state index contributed by atoms with van der Waals surface area (Å²) >= 11 is 0. The fraction of sp³-hybridized carbons (Fsp3) is 0.343. The number of hydrogen-bond donors (Lipinski definition) is 1. The Balaban J connectivity index is 1.35. The summed E-state index contributed by atoms with van der Waals surface area (Å²) in [5, 5.41) is 3.15. The van der Waals surface area contributed by atoms with E-state index in [1.165, 1.54) is 0 Å². The number of hydrogen-bond acceptors (Lipinski definition) is 5. The topological polar surface area (TPSA) is 84.9 Å². The van der Waals surface area contributed by atoms with Crippen LogP contribution in [-0.4, -0.2) is 55.5 Å². The number of esters is 1. The van der Waals surface area contributed by atoms with Crippen LogP contribution in [0.4, 0.5) is 0 Å². The molecular weight excluding hydrogens is 528 g/mol. The van der Waals surface area contributed by atoms with Crippen LogP contribution in [-0.2, 0) is 19.7 Å². The Labute approximate surface area is 247 Å². The van der Waals surface area contributed by atoms with Crippen molar-refractivity contribution in [2.75, 3.05) is 26.8 Å². The summed E-state index contributed by atoms with van der Waals surface area (Å²) < 4.78 is 11.0. The molecule has 0 aromatic heterocycles. The van der Waals surface area contributed by atoms with Crippen molar-refractivity contribution >= 4 is 17.8 Å². The number of nitrogens with zero attached hydrogens (tertiary/aromatic N) is 1. The molecule has 1 fully saturated rings. The number of nitrogens with one attached hydrogen (secondary N) is 1. The highest BCUT2D eigenvalue weighted by Crippen LogP contribution is 2.48. The van der Waals surface area contributed by atoms with E-state index >= 15 is 0 Å². The first-order chi connectivity index (χ1) is 20.5. The maximum Gasteiger partial charge on any atom is 0.321 e. The first-order valence-electron chi connectivity index (χ1n) is 14.6. The van der Waals surface area contributed by atoms with E-state index in [2.05, 4.69) is 11.9 Å². The summed E-state index contributed by atoms with van der Waals surface area (Å²) in [5.41, 5.74) is 2.07. The highest BCUT2D eigenvalue weighted by Gasteiger charge is 2.50. The van der Waals surface area contributed by atoms with Crippen molar-refractivity contribution < 1.29 is 23.9 Å². The van der Waals surface area contributed by atoms with Crippen LogP contribution in [0.1, 0.15) is 65.1 Å². The summed E-state index contributed by atoms with van der Waals surface area (Å²) in [5.74, 6) is -0.240. The van der Waals surface area contributed by atoms with Gasteiger partial charge in [0.15, 0.2) is 0 Å². The lowest BCUT2D eigenvalue weighted by molar-refractivity contribution is -0.149. The number of carbonyl (C=O) groups is 3. The third-order valence-corrected chi connectivity index (χ3v) is 8.58. The first kappa shape index (κ1) is 29.1. The van der Waals surface area contributed by atoms with Crippen LogP contribution in [0.2, 0.25) is 0 Å². The Bertz CT molecular complexity index is 1440. The van der Waals surface area contributed by atoms with Gasteiger partial charge in [0, 0.05) is 19.1 Å². The molecule has 5 rings (SSSR count). The minimum atomic E-state index is -0.996. The number of amides is 2. The van der Waals surface area contributed by atoms with Crippen molar-refractivity contribution in [2.45, 2.75) is 49.5 Å². The fourth-order valence-corrected chi connectivity index (χ4v) is 6.48. The minimum absolute atomic E-state index is 0.0378. The highest BCUT2D eigenvalue weighted by molar-refractivity contribution is 5.97. The van der Waals surface area contributed by atoms with Crippen molar-refractivity contribution in [2.24, 2.45) is 0 Å². The molecule has 1 N–H and O–H groups in total. The molecule has 1 aliphatic carbocycles. The Morgan fingerprint density at radius 2 is 1.69 bits per heavy atom. The van der Waals surface area contributed by atoms with Gasteiger partial charge >= 0.3 is 5.97 Å². The molecule has 42 heavy (non-hydrogen) atoms. The number of para-hydroxylation sites is 1. The Morgan fingerprint density at radius 3 is 2.48 bits per heavy atom. The lowest BCUT2D eigenvalue weighted by Gasteiger charge is -2.41. The third-order valence-electron chi connectivity index (χ3n) is 8.58. The van der Waals surface area contributed by atoms with Gasteiger partial charge in [-0.25, -0.2) is 0 Å². The minimum Gasteiger partial charge on any atom is -0.496 e. The maximum atomic E-state index is 14.1. The molecule has 1 aliphatic heterocycles. The van der Waals surface area contributed by atoms with E-state index in [1.807, 2.05) is 71.6 Å². The molecule has 0 saturated carbocycles. The second-order valence-corrected chi connectivity index (χ2v) is 11.0. The molecule has 7 nitrogen and oxygen atoms in total. The molecule has 7 heteroatoms. The van der Waals surface area contributed by atoms with Gasteiger partial charge in [-0.3, -0.25) is 14.4 Å². The Morgan fingerprint density at radius 1 is 0.952 bits per heavy atom. The molecule has 2 amide bonds. The standard InChI is InChI=1S/C35H38N2O5/c1-3-24-42-34(40)35(25-12-5-4-6-13-25)21-19-28(27-15-7-9-17-30(27)35)33(39)37-22-11-14-26(20-23-37)36-32(38)29-16-8-10-18-31(29)41-2/h3-10,12-13,15-18,26,28H,1,11,14,19-24H2,2H3,(H,36,38). The van der Waals surface area contributed by atoms with Crippen LogP contribution in [0, 0.1) is 0 Å². The summed E-state index contributed by atoms with van der Waals surface area (Å²) in [6.07, 6.45) is 4.81. The van der Waals surface area contributed by atoms with Gasteiger partial charge in [0.05, 0.1) is 18.6 Å². The van der Waals surface area contributed by atoms with E-state index in [0.717, 1.165) is 29.5 Å². The summed E-state index contributed by atoms with van der Waals surface area (Å²) in [6, 6.07) is 24.6. The number of benzene rings is 3. The van der Waals surface area contributed by atoms with Gasteiger partial charge in [-0.05, 0) is 60.9 Å². The first-order valence-corrected chi connectivity index (χ1v) is 14.6. The van der Waals surface area contributed by atoms with Crippen LogP contribution < -0.4 is 10.1 Å². The lowest BCUT2D eigenvalue weighted by atomic mass is 9.63. The zero-order valence-corrected chi connectivity index (χ0v) is 24.1. The van der Waals surface area contributed by atoms with E-state index in [9.17, 15) is 14.4 Å². The van der Waals surface area contributed by atoms with Crippen LogP contribution in [0.25, 0.3) is 0 Å². The molecule has 0 bridgehead atoms. The predicted molar refractivity (Wildman–Crippen MR) is 161 cm³/mol. The number of rotatable bonds is 8. The van der Waals surface area contributed by atoms with Gasteiger partial charge in [0.2, 0.25) is 5.91 Å². The second-order valence-electron chi connectivity index (χ2n) is 11.0. The number of fused-ring (bicyclic) bond motifs is 1. The third kappa shape index (κ3) is 5.69. The van der Waals surface area contributed by atoms with Gasteiger partial charge in [0.25, 0.3) is 5.91 Å². The average Bonchev–Trinajstić information content (AvgIpc) is 3.28. The lowest BCUT2D eigenvalue weighted by Crippen LogP contribution is -2.45. The molecule has 0 spiro atoms. The van der Waals surface area contributed by atoms with Crippen molar-refractivity contribution in [3.63, 3.8) is 0 Å². The van der Waals surface area contributed by atoms with E-state index in [0.29, 0.717) is 43.7 Å². The van der Waals surface area contributed by atoms with E-state index in [1.54, 1.807) is 25.3 Å². The van der Waals surface area contributed by atoms with Crippen LogP contribution in [0.5, 0.6) is 5.75 Å². The fourth-order valence-electron chi connectivity index (χ4n) is 6.48. The van der Waals surface area contributed by atoms with Crippen molar-refractivity contribution in [3.8, 4) is 5.75 Å². The van der Waals surface area contributed by atoms with E-state index in [4.69, 9.17) is 9.47 Å². The van der Waals surface area contributed by atoms with Crippen molar-refractivity contribution in [3.05, 3.63) is 114 Å². The van der Waals surface area contributed by atoms with Crippen LogP contribution in [0.3, 0.4) is 0 Å². The highest BCUT2D eigenvalue weighted by atomic mass is 16.5. The van der Waals surface area contributed by atoms with Gasteiger partial charge < -0.3 is 19.7 Å². The number of likely N-dealkylation sites (tertiary alicyclic amines) is 1. The summed E-state index contributed by atoms with van der Waals surface area (Å²) in [4.78, 5) is 42.7. The molecule has 2 aliphatic rings. The molecular formula is C35H38N2O5. The smallest absolute Gasteiger partial charge is 0.321 e. The number of ether oxygens (including phenoxy) is 2. The second kappa shape index (κ2) is 13.1. The van der Waals surface area contributed by atoms with Gasteiger partial charge in [-0.2, -0.15) is 0 Å². The van der Waals surface area contributed by atoms with Gasteiger partial charge in [-0.15, -0.1) is 0 Å². The van der Waals surface area contributed by atoms with Gasteiger partial charge in [0.1, 0.15) is 17.8 Å². The molecule has 1 heterocycles. The molecule has 218 valence electrons. The van der Waals surface area contributed by atoms with Crippen LogP contribution in [0.15, 0.2) is 91.5 Å². The van der Waals surface area contributed by atoms with Gasteiger partial charge in [-0.1, -0.05) is 79.4 Å². The zero-order chi connectivity index (χ0) is 29.5. The quantitative estimate of drug-likeness (QED) is 0.292. The van der Waals surface area contributed by atoms with E-state index in [-0.39, 0.29) is 36.4 Å². The largest absolute Gasteiger partial charge is 0.496 e. The summed E-state index contributed by atoms with van der Waals surface area (Å²) in [7, 11) is 1.55. The molecule has 3 aromatic rings. The Hall–Kier alpha value is -4.39. The van der Waals surface area contributed by atoms with E-state index < -0.39 is 5.41 Å². The monoisotopic (exact) mass is 566 g/mol. The zero-order valence-electron chi connectivity index (χ0n) is 24.1. The van der Waals surface area contributed by atoms with Crippen molar-refractivity contribution in [1.29, 1.82) is 0 Å². The molecule has 3 unspecified atom stereocenters. The number of carbonyl (C=O) groups excluding carboxylic acids is 3. The molecule has 3 atom stereocenters. The number of methoxy groups -OCH3 is 1. The SMILES string of the molecule is C=CCOC(=O)C1(c2ccccc2)CCC(C(=O)N2CCCC(NC(=O)c3ccccc3OC)CC2)c2ccccc21. The molecule has 3 aromatic carbocycles. The average molecular weight is 567 g/mol. The van der Waals surface area contributed by atoms with Crippen LogP contribution >= 0.6 is 0 Å². The Kier molecular flexibility index (Phi) is 9.06. The summed E-state index contributed by atoms with van der Waals surface area (Å²) in [6.45, 7) is 5.01. The maximum absolute atomic E-state index is 14.1. The normalized spacial score (nSPS) is 21.8. The predicted octanol–water partition coefficient (Wildman–Crippen LogP) is 5.40. The van der Waals surface area contributed by atoms with Crippen molar-refractivity contribution in [1.82, 2.24) is 10.2 Å². The molecule has 1 saturated heterocycles. The molecule has 0 radical (unpaired) electrons.